The maximum atomic E-state index is 11.8. The zero-order chi connectivity index (χ0) is 15.4. The number of allylic oxidation sites excluding steroid dienone is 2. The van der Waals surface area contributed by atoms with Gasteiger partial charge in [0.05, 0.1) is 5.41 Å². The molecule has 2 heteroatoms. The van der Waals surface area contributed by atoms with E-state index in [0.717, 1.165) is 37.5 Å². The van der Waals surface area contributed by atoms with E-state index < -0.39 is 11.4 Å². The zero-order valence-corrected chi connectivity index (χ0v) is 13.9. The smallest absolute Gasteiger partial charge is 0.310 e. The highest BCUT2D eigenvalue weighted by Gasteiger charge is 2.58. The van der Waals surface area contributed by atoms with E-state index in [0.29, 0.717) is 5.92 Å². The minimum Gasteiger partial charge on any atom is -0.481 e. The Labute approximate surface area is 135 Å². The molecule has 0 saturated heterocycles. The molecule has 0 amide bonds. The first-order valence-corrected chi connectivity index (χ1v) is 9.62. The fourth-order valence-electron chi connectivity index (χ4n) is 5.00. The van der Waals surface area contributed by atoms with Crippen LogP contribution < -0.4 is 0 Å². The highest BCUT2D eigenvalue weighted by Crippen LogP contribution is 2.58. The molecule has 2 nitrogen and oxygen atoms in total. The van der Waals surface area contributed by atoms with E-state index in [2.05, 4.69) is 12.2 Å². The molecule has 2 saturated carbocycles. The maximum Gasteiger partial charge on any atom is 0.310 e. The van der Waals surface area contributed by atoms with Crippen LogP contribution in [0, 0.1) is 23.2 Å². The minimum absolute atomic E-state index is 0.315. The van der Waals surface area contributed by atoms with Gasteiger partial charge in [-0.1, -0.05) is 63.5 Å². The lowest BCUT2D eigenvalue weighted by Gasteiger charge is -2.21. The minimum atomic E-state index is -0.541. The largest absolute Gasteiger partial charge is 0.481 e. The fourth-order valence-corrected chi connectivity index (χ4v) is 5.00. The number of hydrogen-bond acceptors (Lipinski definition) is 1. The summed E-state index contributed by atoms with van der Waals surface area (Å²) in [5.74, 6) is 1.48. The zero-order valence-electron chi connectivity index (χ0n) is 13.9. The monoisotopic (exact) mass is 304 g/mol. The van der Waals surface area contributed by atoms with E-state index in [9.17, 15) is 9.90 Å². The van der Waals surface area contributed by atoms with Crippen LogP contribution in [0.25, 0.3) is 0 Å². The third-order valence-corrected chi connectivity index (χ3v) is 6.65. The van der Waals surface area contributed by atoms with Gasteiger partial charge in [-0.25, -0.2) is 0 Å². The van der Waals surface area contributed by atoms with Crippen molar-refractivity contribution in [3.8, 4) is 0 Å². The molecule has 3 aliphatic carbocycles. The Kier molecular flexibility index (Phi) is 5.25. The third kappa shape index (κ3) is 3.58. The van der Waals surface area contributed by atoms with Gasteiger partial charge in [-0.15, -0.1) is 0 Å². The summed E-state index contributed by atoms with van der Waals surface area (Å²) in [7, 11) is 0. The number of carboxylic acid groups (broad SMARTS) is 1. The first-order chi connectivity index (χ1) is 10.7. The van der Waals surface area contributed by atoms with Crippen LogP contribution in [0.3, 0.4) is 0 Å². The molecule has 0 bridgehead atoms. The second kappa shape index (κ2) is 7.19. The second-order valence-electron chi connectivity index (χ2n) is 8.03. The van der Waals surface area contributed by atoms with Crippen molar-refractivity contribution in [1.29, 1.82) is 0 Å². The Hall–Kier alpha value is -0.790. The number of carbonyl (C=O) groups is 1. The van der Waals surface area contributed by atoms with Gasteiger partial charge in [-0.05, 0) is 49.9 Å². The second-order valence-corrected chi connectivity index (χ2v) is 8.03. The molecular formula is C20H32O2. The van der Waals surface area contributed by atoms with Crippen molar-refractivity contribution in [3.05, 3.63) is 12.2 Å². The molecule has 0 aromatic rings. The summed E-state index contributed by atoms with van der Waals surface area (Å²) in [6.07, 6.45) is 20.9. The van der Waals surface area contributed by atoms with Crippen LogP contribution in [0.15, 0.2) is 12.2 Å². The van der Waals surface area contributed by atoms with Gasteiger partial charge in [0, 0.05) is 0 Å². The van der Waals surface area contributed by atoms with Gasteiger partial charge in [0.2, 0.25) is 0 Å². The van der Waals surface area contributed by atoms with E-state index in [1.165, 1.54) is 57.8 Å². The molecule has 0 aliphatic heterocycles. The van der Waals surface area contributed by atoms with Crippen LogP contribution in [0.5, 0.6) is 0 Å². The van der Waals surface area contributed by atoms with Crippen molar-refractivity contribution >= 4 is 5.97 Å². The third-order valence-electron chi connectivity index (χ3n) is 6.65. The summed E-state index contributed by atoms with van der Waals surface area (Å²) >= 11 is 0. The Balaban J connectivity index is 1.64. The summed E-state index contributed by atoms with van der Waals surface area (Å²) in [5.41, 5.74) is -0.399. The summed E-state index contributed by atoms with van der Waals surface area (Å²) in [6, 6.07) is 0. The summed E-state index contributed by atoms with van der Waals surface area (Å²) in [4.78, 5) is 11.8. The van der Waals surface area contributed by atoms with E-state index in [1.54, 1.807) is 0 Å². The number of hydrogen-bond donors (Lipinski definition) is 1. The first-order valence-electron chi connectivity index (χ1n) is 9.62. The number of carboxylic acids is 1. The normalized spacial score (nSPS) is 41.5. The Bertz CT molecular complexity index is 414. The van der Waals surface area contributed by atoms with Crippen LogP contribution in [0.4, 0.5) is 0 Å². The van der Waals surface area contributed by atoms with Crippen LogP contribution in [0.1, 0.15) is 83.5 Å². The molecule has 2 fully saturated rings. The van der Waals surface area contributed by atoms with E-state index >= 15 is 0 Å². The lowest BCUT2D eigenvalue weighted by Crippen LogP contribution is -2.19. The van der Waals surface area contributed by atoms with Gasteiger partial charge in [0.1, 0.15) is 0 Å². The van der Waals surface area contributed by atoms with Crippen molar-refractivity contribution in [2.75, 3.05) is 0 Å². The van der Waals surface area contributed by atoms with Gasteiger partial charge in [-0.3, -0.25) is 4.79 Å². The van der Waals surface area contributed by atoms with Gasteiger partial charge >= 0.3 is 5.97 Å². The van der Waals surface area contributed by atoms with E-state index in [1.807, 2.05) is 0 Å². The molecule has 0 aromatic carbocycles. The Morgan fingerprint density at radius 3 is 2.41 bits per heavy atom. The molecular weight excluding hydrogens is 272 g/mol. The fraction of sp³-hybridized carbons (Fsp3) is 0.850. The highest BCUT2D eigenvalue weighted by atomic mass is 16.4. The quantitative estimate of drug-likeness (QED) is 0.643. The molecule has 22 heavy (non-hydrogen) atoms. The maximum absolute atomic E-state index is 11.8. The van der Waals surface area contributed by atoms with Crippen LogP contribution >= 0.6 is 0 Å². The lowest BCUT2D eigenvalue weighted by molar-refractivity contribution is -0.144. The van der Waals surface area contributed by atoms with Gasteiger partial charge in [0.15, 0.2) is 0 Å². The average Bonchev–Trinajstić information content (AvgIpc) is 3.04. The molecule has 3 rings (SSSR count). The predicted octanol–water partition coefficient (Wildman–Crippen LogP) is 5.57. The van der Waals surface area contributed by atoms with Gasteiger partial charge < -0.3 is 5.11 Å². The van der Waals surface area contributed by atoms with E-state index in [-0.39, 0.29) is 0 Å². The van der Waals surface area contributed by atoms with Crippen LogP contribution in [-0.2, 0) is 4.79 Å². The summed E-state index contributed by atoms with van der Waals surface area (Å²) in [5, 5.41) is 9.70. The molecule has 0 aromatic heterocycles. The van der Waals surface area contributed by atoms with Gasteiger partial charge in [0.25, 0.3) is 0 Å². The highest BCUT2D eigenvalue weighted by molar-refractivity contribution is 5.79. The molecule has 0 radical (unpaired) electrons. The number of aliphatic carboxylic acids is 1. The predicted molar refractivity (Wildman–Crippen MR) is 89.7 cm³/mol. The molecule has 1 N–H and O–H groups in total. The Morgan fingerprint density at radius 2 is 1.59 bits per heavy atom. The van der Waals surface area contributed by atoms with Crippen molar-refractivity contribution in [3.63, 3.8) is 0 Å². The van der Waals surface area contributed by atoms with Crippen LogP contribution in [-0.4, -0.2) is 11.1 Å². The van der Waals surface area contributed by atoms with Crippen molar-refractivity contribution in [1.82, 2.24) is 0 Å². The van der Waals surface area contributed by atoms with Crippen molar-refractivity contribution in [2.45, 2.75) is 83.5 Å². The lowest BCUT2D eigenvalue weighted by atomic mass is 9.84. The molecule has 3 aliphatic rings. The SMILES string of the molecule is O=C(O)C12CCC3CCCC3CCCCCCC/C=C\C1C2. The standard InChI is InChI=1S/C20H32O2/c21-19(22)20-14-13-17-11-8-10-16(17)9-6-4-2-1-3-5-7-12-18(20)15-20/h7,12,16-18H,1-6,8-11,13-15H2,(H,21,22)/b12-7-. The molecule has 124 valence electrons. The van der Waals surface area contributed by atoms with Crippen LogP contribution in [0.2, 0.25) is 0 Å². The molecule has 0 spiro atoms. The molecule has 0 heterocycles. The summed E-state index contributed by atoms with van der Waals surface area (Å²) < 4.78 is 0. The van der Waals surface area contributed by atoms with E-state index in [4.69, 9.17) is 0 Å². The number of fused-ring (bicyclic) bond motifs is 2. The topological polar surface area (TPSA) is 37.3 Å². The number of rotatable bonds is 1. The van der Waals surface area contributed by atoms with Gasteiger partial charge in [-0.2, -0.15) is 0 Å². The summed E-state index contributed by atoms with van der Waals surface area (Å²) in [6.45, 7) is 0. The average molecular weight is 304 g/mol. The van der Waals surface area contributed by atoms with Crippen molar-refractivity contribution in [2.24, 2.45) is 23.2 Å². The first kappa shape index (κ1) is 16.1. The van der Waals surface area contributed by atoms with Crippen molar-refractivity contribution < 1.29 is 9.90 Å². The molecule has 4 unspecified atom stereocenters. The molecule has 4 atom stereocenters. The Morgan fingerprint density at radius 1 is 0.909 bits per heavy atom.